The topological polar surface area (TPSA) is 55.1 Å². The van der Waals surface area contributed by atoms with Gasteiger partial charge in [-0.3, -0.25) is 4.79 Å². The van der Waals surface area contributed by atoms with E-state index in [-0.39, 0.29) is 11.3 Å². The molecule has 0 aliphatic heterocycles. The lowest BCUT2D eigenvalue weighted by Gasteiger charge is -2.15. The number of carbonyl (C=O) groups excluding carboxylic acids is 1. The van der Waals surface area contributed by atoms with Crippen LogP contribution in [-0.4, -0.2) is 12.5 Å². The lowest BCUT2D eigenvalue weighted by molar-refractivity contribution is -0.120. The minimum Gasteiger partial charge on any atom is -0.329 e. The van der Waals surface area contributed by atoms with Gasteiger partial charge in [-0.2, -0.15) is 0 Å². The summed E-state index contributed by atoms with van der Waals surface area (Å²) in [6.07, 6.45) is 1.75. The molecule has 0 spiro atoms. The van der Waals surface area contributed by atoms with Crippen LogP contribution in [0.5, 0.6) is 0 Å². The molecule has 1 aromatic carbocycles. The third-order valence-electron chi connectivity index (χ3n) is 3.19. The Kier molecular flexibility index (Phi) is 2.91. The number of carbonyl (C=O) groups is 1. The van der Waals surface area contributed by atoms with Gasteiger partial charge in [0.25, 0.3) is 0 Å². The van der Waals surface area contributed by atoms with Crippen molar-refractivity contribution in [1.82, 2.24) is 0 Å². The van der Waals surface area contributed by atoms with Crippen molar-refractivity contribution in [3.05, 3.63) is 28.8 Å². The molecule has 86 valence electrons. The quantitative estimate of drug-likeness (QED) is 0.849. The van der Waals surface area contributed by atoms with Crippen molar-refractivity contribution in [2.75, 3.05) is 11.9 Å². The monoisotopic (exact) mass is 238 g/mol. The Morgan fingerprint density at radius 3 is 2.75 bits per heavy atom. The molecule has 4 heteroatoms. The fourth-order valence-corrected chi connectivity index (χ4v) is 1.98. The molecule has 16 heavy (non-hydrogen) atoms. The van der Waals surface area contributed by atoms with Crippen molar-refractivity contribution in [2.24, 2.45) is 11.1 Å². The first-order valence-electron chi connectivity index (χ1n) is 5.36. The zero-order valence-corrected chi connectivity index (χ0v) is 9.97. The van der Waals surface area contributed by atoms with Crippen LogP contribution in [0, 0.1) is 12.3 Å². The van der Waals surface area contributed by atoms with E-state index in [2.05, 4.69) is 5.32 Å². The zero-order chi connectivity index (χ0) is 11.8. The van der Waals surface area contributed by atoms with Crippen molar-refractivity contribution in [3.8, 4) is 0 Å². The van der Waals surface area contributed by atoms with Gasteiger partial charge in [-0.15, -0.1) is 0 Å². The Labute approximate surface area is 100.0 Å². The van der Waals surface area contributed by atoms with E-state index < -0.39 is 0 Å². The Bertz CT molecular complexity index is 407. The van der Waals surface area contributed by atoms with Gasteiger partial charge in [0, 0.05) is 6.54 Å². The predicted molar refractivity (Wildman–Crippen MR) is 65.5 cm³/mol. The Morgan fingerprint density at radius 2 is 2.25 bits per heavy atom. The SMILES string of the molecule is Cc1cccc(Cl)c1NC(=O)C1(CN)CC1. The minimum atomic E-state index is -0.342. The summed E-state index contributed by atoms with van der Waals surface area (Å²) < 4.78 is 0. The van der Waals surface area contributed by atoms with E-state index >= 15 is 0 Å². The molecule has 1 saturated carbocycles. The van der Waals surface area contributed by atoms with Crippen LogP contribution in [0.15, 0.2) is 18.2 Å². The molecule has 1 fully saturated rings. The molecular formula is C12H15ClN2O. The highest BCUT2D eigenvalue weighted by Gasteiger charge is 2.48. The summed E-state index contributed by atoms with van der Waals surface area (Å²) >= 11 is 6.04. The third kappa shape index (κ3) is 1.93. The van der Waals surface area contributed by atoms with Crippen molar-refractivity contribution in [3.63, 3.8) is 0 Å². The highest BCUT2D eigenvalue weighted by Crippen LogP contribution is 2.45. The first kappa shape index (κ1) is 11.4. The number of rotatable bonds is 3. The van der Waals surface area contributed by atoms with E-state index in [1.165, 1.54) is 0 Å². The summed E-state index contributed by atoms with van der Waals surface area (Å²) in [5, 5.41) is 3.45. The van der Waals surface area contributed by atoms with Crippen molar-refractivity contribution < 1.29 is 4.79 Å². The third-order valence-corrected chi connectivity index (χ3v) is 3.50. The molecule has 1 amide bonds. The van der Waals surface area contributed by atoms with Crippen LogP contribution in [0.1, 0.15) is 18.4 Å². The van der Waals surface area contributed by atoms with Crippen molar-refractivity contribution >= 4 is 23.2 Å². The number of amides is 1. The first-order chi connectivity index (χ1) is 7.59. The highest BCUT2D eigenvalue weighted by atomic mass is 35.5. The summed E-state index contributed by atoms with van der Waals surface area (Å²) in [5.74, 6) is -0.00815. The van der Waals surface area contributed by atoms with E-state index in [4.69, 9.17) is 17.3 Å². The maximum absolute atomic E-state index is 12.0. The smallest absolute Gasteiger partial charge is 0.231 e. The Balaban J connectivity index is 2.18. The number of halogens is 1. The van der Waals surface area contributed by atoms with Gasteiger partial charge in [0.15, 0.2) is 0 Å². The number of aryl methyl sites for hydroxylation is 1. The molecule has 2 rings (SSSR count). The molecule has 0 radical (unpaired) electrons. The number of benzene rings is 1. The van der Waals surface area contributed by atoms with E-state index in [1.807, 2.05) is 19.1 Å². The van der Waals surface area contributed by atoms with Crippen LogP contribution in [0.25, 0.3) is 0 Å². The molecule has 0 unspecified atom stereocenters. The second-order valence-electron chi connectivity index (χ2n) is 4.37. The molecule has 0 bridgehead atoms. The lowest BCUT2D eigenvalue weighted by atomic mass is 10.1. The number of nitrogens with one attached hydrogen (secondary N) is 1. The van der Waals surface area contributed by atoms with Crippen molar-refractivity contribution in [2.45, 2.75) is 19.8 Å². The normalized spacial score (nSPS) is 16.9. The molecule has 0 heterocycles. The average molecular weight is 239 g/mol. The van der Waals surface area contributed by atoms with Gasteiger partial charge in [0.2, 0.25) is 5.91 Å². The second-order valence-corrected chi connectivity index (χ2v) is 4.78. The molecule has 3 N–H and O–H groups in total. The number of anilines is 1. The maximum atomic E-state index is 12.0. The average Bonchev–Trinajstić information content (AvgIpc) is 3.04. The summed E-state index contributed by atoms with van der Waals surface area (Å²) in [7, 11) is 0. The van der Waals surface area contributed by atoms with Crippen LogP contribution < -0.4 is 11.1 Å². The van der Waals surface area contributed by atoms with Gasteiger partial charge in [-0.05, 0) is 31.4 Å². The highest BCUT2D eigenvalue weighted by molar-refractivity contribution is 6.34. The summed E-state index contributed by atoms with van der Waals surface area (Å²) in [6.45, 7) is 2.33. The molecule has 0 aromatic heterocycles. The van der Waals surface area contributed by atoms with Crippen LogP contribution in [0.3, 0.4) is 0 Å². The van der Waals surface area contributed by atoms with Crippen LogP contribution in [0.2, 0.25) is 5.02 Å². The molecule has 0 atom stereocenters. The van der Waals surface area contributed by atoms with E-state index in [1.54, 1.807) is 6.07 Å². The molecule has 1 aliphatic carbocycles. The number of para-hydroxylation sites is 1. The zero-order valence-electron chi connectivity index (χ0n) is 9.22. The number of nitrogens with two attached hydrogens (primary N) is 1. The predicted octanol–water partition coefficient (Wildman–Crippen LogP) is 2.33. The van der Waals surface area contributed by atoms with Crippen LogP contribution >= 0.6 is 11.6 Å². The molecular weight excluding hydrogens is 224 g/mol. The van der Waals surface area contributed by atoms with Gasteiger partial charge in [0.05, 0.1) is 16.1 Å². The fraction of sp³-hybridized carbons (Fsp3) is 0.417. The molecule has 1 aromatic rings. The van der Waals surface area contributed by atoms with Crippen molar-refractivity contribution in [1.29, 1.82) is 0 Å². The summed E-state index contributed by atoms with van der Waals surface area (Å²) in [6, 6.07) is 5.55. The van der Waals surface area contributed by atoms with E-state index in [0.717, 1.165) is 18.4 Å². The Hall–Kier alpha value is -1.06. The number of hydrogen-bond acceptors (Lipinski definition) is 2. The van der Waals surface area contributed by atoms with Crippen LogP contribution in [0.4, 0.5) is 5.69 Å². The molecule has 1 aliphatic rings. The summed E-state index contributed by atoms with van der Waals surface area (Å²) in [4.78, 5) is 12.0. The number of hydrogen-bond donors (Lipinski definition) is 2. The standard InChI is InChI=1S/C12H15ClN2O/c1-8-3-2-4-9(13)10(8)15-11(16)12(7-14)5-6-12/h2-4H,5-7,14H2,1H3,(H,15,16). The molecule has 3 nitrogen and oxygen atoms in total. The largest absolute Gasteiger partial charge is 0.329 e. The lowest BCUT2D eigenvalue weighted by Crippen LogP contribution is -2.31. The van der Waals surface area contributed by atoms with Gasteiger partial charge in [-0.1, -0.05) is 23.7 Å². The Morgan fingerprint density at radius 1 is 1.56 bits per heavy atom. The van der Waals surface area contributed by atoms with Crippen LogP contribution in [-0.2, 0) is 4.79 Å². The van der Waals surface area contributed by atoms with Gasteiger partial charge in [0.1, 0.15) is 0 Å². The maximum Gasteiger partial charge on any atom is 0.231 e. The van der Waals surface area contributed by atoms with Gasteiger partial charge >= 0.3 is 0 Å². The molecule has 0 saturated heterocycles. The van der Waals surface area contributed by atoms with E-state index in [0.29, 0.717) is 17.3 Å². The van der Waals surface area contributed by atoms with Gasteiger partial charge in [-0.25, -0.2) is 0 Å². The van der Waals surface area contributed by atoms with Gasteiger partial charge < -0.3 is 11.1 Å². The van der Waals surface area contributed by atoms with E-state index in [9.17, 15) is 4.79 Å². The first-order valence-corrected chi connectivity index (χ1v) is 5.73. The minimum absolute atomic E-state index is 0.00815. The summed E-state index contributed by atoms with van der Waals surface area (Å²) in [5.41, 5.74) is 6.93. The second kappa shape index (κ2) is 4.07. The fourth-order valence-electron chi connectivity index (χ4n) is 1.71.